The highest BCUT2D eigenvalue weighted by atomic mass is 32.2. The Labute approximate surface area is 132 Å². The molecule has 0 saturated carbocycles. The van der Waals surface area contributed by atoms with Crippen molar-refractivity contribution in [3.63, 3.8) is 0 Å². The number of nitrogens with one attached hydrogen (secondary N) is 1. The summed E-state index contributed by atoms with van der Waals surface area (Å²) in [5, 5.41) is 11.9. The van der Waals surface area contributed by atoms with E-state index in [0.717, 1.165) is 11.3 Å². The van der Waals surface area contributed by atoms with Crippen LogP contribution in [0.1, 0.15) is 18.1 Å². The molecule has 1 aliphatic heterocycles. The first-order valence-electron chi connectivity index (χ1n) is 6.67. The van der Waals surface area contributed by atoms with E-state index >= 15 is 0 Å². The van der Waals surface area contributed by atoms with Crippen LogP contribution in [-0.2, 0) is 10.0 Å². The monoisotopic (exact) mass is 341 g/mol. The van der Waals surface area contributed by atoms with E-state index in [9.17, 15) is 13.5 Å². The summed E-state index contributed by atoms with van der Waals surface area (Å²) in [5.41, 5.74) is 0.666. The summed E-state index contributed by atoms with van der Waals surface area (Å²) < 4.78 is 37.1. The second-order valence-electron chi connectivity index (χ2n) is 4.75. The number of sulfonamides is 1. The molecule has 0 radical (unpaired) electrons. The molecule has 3 rings (SSSR count). The van der Waals surface area contributed by atoms with Crippen LogP contribution in [0.25, 0.3) is 0 Å². The summed E-state index contributed by atoms with van der Waals surface area (Å²) in [6, 6.07) is 8.41. The summed E-state index contributed by atoms with van der Waals surface area (Å²) >= 11 is 1.16. The van der Waals surface area contributed by atoms with Gasteiger partial charge in [-0.1, -0.05) is 12.1 Å². The van der Waals surface area contributed by atoms with Crippen molar-refractivity contribution in [1.29, 1.82) is 0 Å². The van der Waals surface area contributed by atoms with Gasteiger partial charge < -0.3 is 14.6 Å². The zero-order valence-corrected chi connectivity index (χ0v) is 13.2. The summed E-state index contributed by atoms with van der Waals surface area (Å²) in [6.45, 7) is 0.325. The van der Waals surface area contributed by atoms with Crippen LogP contribution in [0.2, 0.25) is 0 Å². The Morgan fingerprint density at radius 3 is 2.86 bits per heavy atom. The van der Waals surface area contributed by atoms with Crippen LogP contribution in [0, 0.1) is 0 Å². The minimum absolute atomic E-state index is 0.149. The number of rotatable bonds is 6. The molecule has 2 aromatic rings. The van der Waals surface area contributed by atoms with Gasteiger partial charge in [-0.15, -0.1) is 11.3 Å². The van der Waals surface area contributed by atoms with Crippen molar-refractivity contribution in [3.8, 4) is 11.5 Å². The second kappa shape index (κ2) is 6.25. The Bertz CT molecular complexity index is 743. The quantitative estimate of drug-likeness (QED) is 0.838. The highest BCUT2D eigenvalue weighted by Gasteiger charge is 2.18. The van der Waals surface area contributed by atoms with Gasteiger partial charge in [0.25, 0.3) is 0 Å². The molecule has 0 unspecified atom stereocenters. The number of thiophene rings is 1. The molecule has 8 heteroatoms. The maximum atomic E-state index is 11.9. The van der Waals surface area contributed by atoms with Crippen molar-refractivity contribution >= 4 is 21.4 Å². The van der Waals surface area contributed by atoms with Gasteiger partial charge in [-0.05, 0) is 35.6 Å². The molecule has 118 valence electrons. The Kier molecular flexibility index (Phi) is 4.34. The number of hydrogen-bond acceptors (Lipinski definition) is 6. The highest BCUT2D eigenvalue weighted by Crippen LogP contribution is 2.34. The van der Waals surface area contributed by atoms with Crippen LogP contribution in [0.3, 0.4) is 0 Å². The van der Waals surface area contributed by atoms with Gasteiger partial charge in [0, 0.05) is 6.54 Å². The third-order valence-electron chi connectivity index (χ3n) is 3.25. The molecular weight excluding hydrogens is 326 g/mol. The fourth-order valence-electron chi connectivity index (χ4n) is 2.10. The maximum absolute atomic E-state index is 11.9. The lowest BCUT2D eigenvalue weighted by molar-refractivity contribution is 0.166. The predicted molar refractivity (Wildman–Crippen MR) is 81.6 cm³/mol. The molecule has 6 nitrogen and oxygen atoms in total. The average Bonchev–Trinajstić information content (AvgIpc) is 3.17. The van der Waals surface area contributed by atoms with Gasteiger partial charge in [-0.2, -0.15) is 0 Å². The summed E-state index contributed by atoms with van der Waals surface area (Å²) in [4.78, 5) is 0. The van der Waals surface area contributed by atoms with Gasteiger partial charge in [-0.3, -0.25) is 0 Å². The lowest BCUT2D eigenvalue weighted by Gasteiger charge is -2.12. The van der Waals surface area contributed by atoms with Crippen molar-refractivity contribution in [2.75, 3.05) is 13.3 Å². The summed E-state index contributed by atoms with van der Waals surface area (Å²) in [7, 11) is -3.49. The molecule has 0 amide bonds. The first kappa shape index (κ1) is 15.3. The van der Waals surface area contributed by atoms with Crippen molar-refractivity contribution < 1.29 is 23.0 Å². The van der Waals surface area contributed by atoms with Crippen LogP contribution in [-0.4, -0.2) is 26.9 Å². The van der Waals surface area contributed by atoms with E-state index in [1.165, 1.54) is 0 Å². The third-order valence-corrected chi connectivity index (χ3v) is 6.11. The molecule has 1 aliphatic rings. The third kappa shape index (κ3) is 3.25. The Hall–Kier alpha value is -1.61. The van der Waals surface area contributed by atoms with Gasteiger partial charge in [0.05, 0.1) is 6.10 Å². The molecule has 1 aromatic heterocycles. The largest absolute Gasteiger partial charge is 0.454 e. The molecule has 22 heavy (non-hydrogen) atoms. The smallest absolute Gasteiger partial charge is 0.250 e. The normalized spacial score (nSPS) is 15.0. The first-order valence-corrected chi connectivity index (χ1v) is 9.03. The second-order valence-corrected chi connectivity index (χ2v) is 7.69. The van der Waals surface area contributed by atoms with Crippen LogP contribution in [0.5, 0.6) is 11.5 Å². The number of aliphatic hydroxyl groups excluding tert-OH is 1. The van der Waals surface area contributed by atoms with Crippen LogP contribution < -0.4 is 14.2 Å². The topological polar surface area (TPSA) is 84.9 Å². The van der Waals surface area contributed by atoms with Gasteiger partial charge in [-0.25, -0.2) is 13.1 Å². The molecule has 0 bridgehead atoms. The highest BCUT2D eigenvalue weighted by molar-refractivity contribution is 7.91. The predicted octanol–water partition coefficient (Wildman–Crippen LogP) is 1.88. The van der Waals surface area contributed by atoms with Crippen molar-refractivity contribution in [2.45, 2.75) is 16.7 Å². The maximum Gasteiger partial charge on any atom is 0.250 e. The Morgan fingerprint density at radius 1 is 1.27 bits per heavy atom. The fraction of sp³-hybridized carbons (Fsp3) is 0.286. The van der Waals surface area contributed by atoms with Crippen molar-refractivity contribution in [2.24, 2.45) is 0 Å². The number of fused-ring (bicyclic) bond motifs is 1. The molecule has 2 N–H and O–H groups in total. The molecule has 0 fully saturated rings. The van der Waals surface area contributed by atoms with E-state index in [-0.39, 0.29) is 24.0 Å². The Balaban J connectivity index is 1.58. The standard InChI is InChI=1S/C14H15NO5S2/c16-11(10-3-4-12-13(8-10)20-9-19-12)5-6-15-22(17,18)14-2-1-7-21-14/h1-4,7-8,11,15-16H,5-6,9H2/t11-/m1/s1. The molecule has 2 heterocycles. The summed E-state index contributed by atoms with van der Waals surface area (Å²) in [6.07, 6.45) is -0.509. The van der Waals surface area contributed by atoms with Crippen LogP contribution in [0.15, 0.2) is 39.9 Å². The minimum Gasteiger partial charge on any atom is -0.454 e. The van der Waals surface area contributed by atoms with Gasteiger partial charge >= 0.3 is 0 Å². The summed E-state index contributed by atoms with van der Waals surface area (Å²) in [5.74, 6) is 1.24. The van der Waals surface area contributed by atoms with E-state index in [4.69, 9.17) is 9.47 Å². The average molecular weight is 341 g/mol. The molecular formula is C14H15NO5S2. The number of ether oxygens (including phenoxy) is 2. The number of aliphatic hydroxyl groups is 1. The van der Waals surface area contributed by atoms with Gasteiger partial charge in [0.2, 0.25) is 16.8 Å². The minimum atomic E-state index is -3.49. The molecule has 0 aliphatic carbocycles. The first-order chi connectivity index (χ1) is 10.6. The van der Waals surface area contributed by atoms with Gasteiger partial charge in [0.1, 0.15) is 4.21 Å². The van der Waals surface area contributed by atoms with E-state index < -0.39 is 16.1 Å². The van der Waals surface area contributed by atoms with Crippen LogP contribution >= 0.6 is 11.3 Å². The molecule has 1 aromatic carbocycles. The van der Waals surface area contributed by atoms with E-state index in [1.807, 2.05) is 0 Å². The molecule has 1 atom stereocenters. The zero-order valence-electron chi connectivity index (χ0n) is 11.6. The SMILES string of the molecule is O=S(=O)(NCC[C@@H](O)c1ccc2c(c1)OCO2)c1cccs1. The lowest BCUT2D eigenvalue weighted by atomic mass is 10.1. The number of hydrogen-bond donors (Lipinski definition) is 2. The van der Waals surface area contributed by atoms with E-state index in [0.29, 0.717) is 17.1 Å². The zero-order chi connectivity index (χ0) is 15.6. The van der Waals surface area contributed by atoms with Crippen LogP contribution in [0.4, 0.5) is 0 Å². The van der Waals surface area contributed by atoms with Crippen molar-refractivity contribution in [1.82, 2.24) is 4.72 Å². The van der Waals surface area contributed by atoms with Gasteiger partial charge in [0.15, 0.2) is 11.5 Å². The van der Waals surface area contributed by atoms with E-state index in [2.05, 4.69) is 4.72 Å². The Morgan fingerprint density at radius 2 is 2.09 bits per heavy atom. The molecule has 0 spiro atoms. The fourth-order valence-corrected chi connectivity index (χ4v) is 4.19. The molecule has 0 saturated heterocycles. The van der Waals surface area contributed by atoms with E-state index in [1.54, 1.807) is 35.7 Å². The van der Waals surface area contributed by atoms with Crippen molar-refractivity contribution in [3.05, 3.63) is 41.3 Å². The lowest BCUT2D eigenvalue weighted by Crippen LogP contribution is -2.25. The number of benzene rings is 1.